The van der Waals surface area contributed by atoms with Gasteiger partial charge in [0.15, 0.2) is 0 Å². The second-order valence-corrected chi connectivity index (χ2v) is 6.90. The number of rotatable bonds is 7. The number of likely N-dealkylation sites (N-methyl/N-ethyl adjacent to an activating group) is 2. The molecule has 116 valence electrons. The molecule has 0 spiro atoms. The molecule has 0 aromatic heterocycles. The smallest absolute Gasteiger partial charge is 0.237 e. The third-order valence-electron chi connectivity index (χ3n) is 4.83. The summed E-state index contributed by atoms with van der Waals surface area (Å²) in [5.74, 6) is -0.224. The molecule has 1 aliphatic carbocycles. The number of amides is 1. The van der Waals surface area contributed by atoms with Crippen LogP contribution in [0.3, 0.4) is 0 Å². The molecule has 1 saturated carbocycles. The van der Waals surface area contributed by atoms with Crippen molar-refractivity contribution >= 4 is 5.91 Å². The van der Waals surface area contributed by atoms with Crippen molar-refractivity contribution in [1.82, 2.24) is 15.1 Å². The van der Waals surface area contributed by atoms with Crippen LogP contribution in [0, 0.1) is 0 Å². The molecule has 2 aliphatic rings. The van der Waals surface area contributed by atoms with E-state index in [0.29, 0.717) is 12.1 Å². The average molecular weight is 282 g/mol. The molecule has 3 N–H and O–H groups in total. The van der Waals surface area contributed by atoms with Crippen LogP contribution in [0.2, 0.25) is 0 Å². The summed E-state index contributed by atoms with van der Waals surface area (Å²) in [7, 11) is 4.35. The van der Waals surface area contributed by atoms with Gasteiger partial charge in [-0.05, 0) is 59.7 Å². The fraction of sp³-hybridized carbons (Fsp3) is 0.933. The molecule has 2 atom stereocenters. The topological polar surface area (TPSA) is 61.6 Å². The van der Waals surface area contributed by atoms with Crippen LogP contribution in [-0.4, -0.2) is 67.1 Å². The quantitative estimate of drug-likeness (QED) is 0.709. The molecule has 2 fully saturated rings. The van der Waals surface area contributed by atoms with Crippen LogP contribution in [-0.2, 0) is 4.79 Å². The fourth-order valence-electron chi connectivity index (χ4n) is 3.03. The second-order valence-electron chi connectivity index (χ2n) is 6.90. The van der Waals surface area contributed by atoms with E-state index in [1.807, 2.05) is 6.92 Å². The Balaban J connectivity index is 1.83. The molecule has 0 radical (unpaired) electrons. The largest absolute Gasteiger partial charge is 0.368 e. The van der Waals surface area contributed by atoms with E-state index in [4.69, 9.17) is 5.73 Å². The van der Waals surface area contributed by atoms with E-state index in [2.05, 4.69) is 29.2 Å². The Bertz CT molecular complexity index is 345. The number of nitrogens with zero attached hydrogens (tertiary/aromatic N) is 2. The van der Waals surface area contributed by atoms with Gasteiger partial charge in [-0.1, -0.05) is 0 Å². The van der Waals surface area contributed by atoms with Gasteiger partial charge in [0.1, 0.15) is 0 Å². The lowest BCUT2D eigenvalue weighted by Gasteiger charge is -2.37. The summed E-state index contributed by atoms with van der Waals surface area (Å²) in [6.45, 7) is 5.19. The van der Waals surface area contributed by atoms with Gasteiger partial charge in [-0.15, -0.1) is 0 Å². The van der Waals surface area contributed by atoms with Gasteiger partial charge in [0, 0.05) is 25.2 Å². The predicted octanol–water partition coefficient (Wildman–Crippen LogP) is 0.399. The molecule has 0 aromatic rings. The van der Waals surface area contributed by atoms with Crippen molar-refractivity contribution in [3.63, 3.8) is 0 Å². The summed E-state index contributed by atoms with van der Waals surface area (Å²) in [6, 6.07) is 1.10. The fourth-order valence-corrected chi connectivity index (χ4v) is 3.03. The molecule has 5 nitrogen and oxygen atoms in total. The first-order chi connectivity index (χ1) is 9.40. The monoisotopic (exact) mass is 282 g/mol. The molecule has 0 aromatic carbocycles. The van der Waals surface area contributed by atoms with Crippen LogP contribution in [0.25, 0.3) is 0 Å². The maximum Gasteiger partial charge on any atom is 0.237 e. The highest BCUT2D eigenvalue weighted by Crippen LogP contribution is 2.24. The molecule has 2 rings (SSSR count). The Kier molecular flexibility index (Phi) is 5.04. The lowest BCUT2D eigenvalue weighted by Crippen LogP contribution is -2.56. The summed E-state index contributed by atoms with van der Waals surface area (Å²) in [4.78, 5) is 16.5. The Labute approximate surface area is 122 Å². The molecule has 1 saturated heterocycles. The lowest BCUT2D eigenvalue weighted by atomic mass is 9.95. The van der Waals surface area contributed by atoms with Gasteiger partial charge in [0.25, 0.3) is 0 Å². The number of carbonyl (C=O) groups is 1. The van der Waals surface area contributed by atoms with E-state index in [9.17, 15) is 4.79 Å². The van der Waals surface area contributed by atoms with Gasteiger partial charge in [-0.2, -0.15) is 0 Å². The number of piperidine rings is 1. The molecule has 0 bridgehead atoms. The minimum absolute atomic E-state index is 0.224. The van der Waals surface area contributed by atoms with Crippen LogP contribution in [0.15, 0.2) is 0 Å². The van der Waals surface area contributed by atoms with Crippen molar-refractivity contribution in [3.05, 3.63) is 0 Å². The Morgan fingerprint density at radius 3 is 2.70 bits per heavy atom. The van der Waals surface area contributed by atoms with Gasteiger partial charge in [-0.3, -0.25) is 4.79 Å². The third-order valence-corrected chi connectivity index (χ3v) is 4.83. The van der Waals surface area contributed by atoms with Gasteiger partial charge in [0.05, 0.1) is 5.54 Å². The molecule has 1 amide bonds. The molecule has 1 heterocycles. The van der Waals surface area contributed by atoms with Gasteiger partial charge >= 0.3 is 0 Å². The maximum absolute atomic E-state index is 11.8. The summed E-state index contributed by atoms with van der Waals surface area (Å²) in [6.07, 6.45) is 5.65. The number of nitrogens with two attached hydrogens (primary N) is 1. The van der Waals surface area contributed by atoms with Crippen molar-refractivity contribution < 1.29 is 4.79 Å². The minimum Gasteiger partial charge on any atom is -0.368 e. The van der Waals surface area contributed by atoms with E-state index >= 15 is 0 Å². The first-order valence-corrected chi connectivity index (χ1v) is 7.87. The van der Waals surface area contributed by atoms with Crippen LogP contribution >= 0.6 is 0 Å². The van der Waals surface area contributed by atoms with Crippen molar-refractivity contribution in [2.24, 2.45) is 5.73 Å². The third kappa shape index (κ3) is 4.17. The summed E-state index contributed by atoms with van der Waals surface area (Å²) in [5.41, 5.74) is 5.05. The first kappa shape index (κ1) is 15.7. The normalized spacial score (nSPS) is 27.5. The number of likely N-dealkylation sites (tertiary alicyclic amines) is 1. The zero-order chi connectivity index (χ0) is 14.8. The molecule has 5 heteroatoms. The second kappa shape index (κ2) is 6.41. The molecule has 20 heavy (non-hydrogen) atoms. The highest BCUT2D eigenvalue weighted by molar-refractivity contribution is 5.84. The van der Waals surface area contributed by atoms with Gasteiger partial charge in [-0.25, -0.2) is 0 Å². The number of hydrogen-bond donors (Lipinski definition) is 2. The number of primary amides is 1. The standard InChI is InChI=1S/C15H30N4O/c1-15(14(16)20,17-12-6-7-12)8-10-19(3)13-5-4-9-18(2)11-13/h12-13,17H,4-11H2,1-3H3,(H2,16,20). The summed E-state index contributed by atoms with van der Waals surface area (Å²) in [5, 5.41) is 3.42. The highest BCUT2D eigenvalue weighted by atomic mass is 16.1. The van der Waals surface area contributed by atoms with Crippen molar-refractivity contribution in [2.75, 3.05) is 33.7 Å². The highest BCUT2D eigenvalue weighted by Gasteiger charge is 2.37. The van der Waals surface area contributed by atoms with Gasteiger partial charge in [0.2, 0.25) is 5.91 Å². The predicted molar refractivity (Wildman–Crippen MR) is 81.5 cm³/mol. The summed E-state index contributed by atoms with van der Waals surface area (Å²) < 4.78 is 0. The SMILES string of the molecule is CN1CCCC(N(C)CCC(C)(NC2CC2)C(N)=O)C1. The Morgan fingerprint density at radius 1 is 1.45 bits per heavy atom. The van der Waals surface area contributed by atoms with Crippen LogP contribution in [0.1, 0.15) is 39.0 Å². The van der Waals surface area contributed by atoms with E-state index in [0.717, 1.165) is 19.5 Å². The van der Waals surface area contributed by atoms with Crippen molar-refractivity contribution in [3.8, 4) is 0 Å². The summed E-state index contributed by atoms with van der Waals surface area (Å²) >= 11 is 0. The Morgan fingerprint density at radius 2 is 2.15 bits per heavy atom. The molecular formula is C15H30N4O. The maximum atomic E-state index is 11.8. The van der Waals surface area contributed by atoms with Crippen molar-refractivity contribution in [1.29, 1.82) is 0 Å². The minimum atomic E-state index is -0.560. The molecular weight excluding hydrogens is 252 g/mol. The van der Waals surface area contributed by atoms with E-state index in [-0.39, 0.29) is 5.91 Å². The first-order valence-electron chi connectivity index (χ1n) is 7.87. The van der Waals surface area contributed by atoms with Crippen LogP contribution < -0.4 is 11.1 Å². The van der Waals surface area contributed by atoms with Crippen molar-refractivity contribution in [2.45, 2.75) is 56.7 Å². The number of hydrogen-bond acceptors (Lipinski definition) is 4. The molecule has 1 aliphatic heterocycles. The average Bonchev–Trinajstić information content (AvgIpc) is 3.19. The lowest BCUT2D eigenvalue weighted by molar-refractivity contribution is -0.124. The van der Waals surface area contributed by atoms with Crippen LogP contribution in [0.4, 0.5) is 0 Å². The van der Waals surface area contributed by atoms with Crippen LogP contribution in [0.5, 0.6) is 0 Å². The van der Waals surface area contributed by atoms with E-state index in [1.165, 1.54) is 32.2 Å². The van der Waals surface area contributed by atoms with Gasteiger partial charge < -0.3 is 20.9 Å². The zero-order valence-corrected chi connectivity index (χ0v) is 13.2. The van der Waals surface area contributed by atoms with E-state index < -0.39 is 5.54 Å². The Hall–Kier alpha value is -0.650. The molecule has 2 unspecified atom stereocenters. The zero-order valence-electron chi connectivity index (χ0n) is 13.2. The van der Waals surface area contributed by atoms with E-state index in [1.54, 1.807) is 0 Å². The number of nitrogens with one attached hydrogen (secondary N) is 1. The number of carbonyl (C=O) groups excluding carboxylic acids is 1.